The molecule has 0 spiro atoms. The van der Waals surface area contributed by atoms with Gasteiger partial charge in [-0.15, -0.1) is 0 Å². The fraction of sp³-hybridized carbons (Fsp3) is 0.500. The van der Waals surface area contributed by atoms with Crippen molar-refractivity contribution >= 4 is 37.8 Å². The van der Waals surface area contributed by atoms with Gasteiger partial charge in [0, 0.05) is 48.4 Å². The summed E-state index contributed by atoms with van der Waals surface area (Å²) >= 11 is 0. The van der Waals surface area contributed by atoms with E-state index in [4.69, 9.17) is 14.2 Å². The fourth-order valence-electron chi connectivity index (χ4n) is 5.35. The van der Waals surface area contributed by atoms with E-state index in [-0.39, 0.29) is 18.0 Å². The Morgan fingerprint density at radius 3 is 2.41 bits per heavy atom. The number of carbonyl (C=O) groups is 1. The Balaban J connectivity index is 1.53. The Labute approximate surface area is 231 Å². The molecule has 5 rings (SSSR count). The van der Waals surface area contributed by atoms with Crippen LogP contribution >= 0.6 is 0 Å². The first-order valence-corrected chi connectivity index (χ1v) is 15.6. The number of hydrogen-bond acceptors (Lipinski definition) is 7. The van der Waals surface area contributed by atoms with Gasteiger partial charge in [0.25, 0.3) is 0 Å². The first-order chi connectivity index (χ1) is 18.7. The van der Waals surface area contributed by atoms with Crippen LogP contribution in [0.4, 0.5) is 16.2 Å². The molecule has 2 fully saturated rings. The molecule has 1 N–H and O–H groups in total. The van der Waals surface area contributed by atoms with Crippen LogP contribution in [0.25, 0.3) is 10.5 Å². The molecule has 8 nitrogen and oxygen atoms in total. The summed E-state index contributed by atoms with van der Waals surface area (Å²) in [6, 6.07) is 13.5. The highest BCUT2D eigenvalue weighted by Crippen LogP contribution is 2.46. The van der Waals surface area contributed by atoms with Crippen molar-refractivity contribution in [3.05, 3.63) is 53.6 Å². The summed E-state index contributed by atoms with van der Waals surface area (Å²) < 4.78 is 44.1. The average molecular weight is 555 g/mol. The summed E-state index contributed by atoms with van der Waals surface area (Å²) in [6.45, 7) is 7.16. The lowest BCUT2D eigenvalue weighted by molar-refractivity contribution is 0.0256. The Kier molecular flexibility index (Phi) is 8.19. The van der Waals surface area contributed by atoms with Crippen LogP contribution in [0, 0.1) is 0 Å². The molecule has 0 unspecified atom stereocenters. The van der Waals surface area contributed by atoms with Gasteiger partial charge in [-0.3, -0.25) is 5.32 Å². The van der Waals surface area contributed by atoms with Gasteiger partial charge in [-0.1, -0.05) is 19.1 Å². The Bertz CT molecular complexity index is 1330. The number of carbonyl (C=O) groups excluding carboxylic acids is 1. The van der Waals surface area contributed by atoms with Gasteiger partial charge < -0.3 is 19.1 Å². The zero-order chi connectivity index (χ0) is 27.6. The van der Waals surface area contributed by atoms with Gasteiger partial charge in [-0.05, 0) is 68.5 Å². The number of ether oxygens (including phenoxy) is 3. The number of nitrogens with one attached hydrogen (secondary N) is 1. The average Bonchev–Trinajstić information content (AvgIpc) is 2.88. The lowest BCUT2D eigenvalue weighted by atomic mass is 9.87. The van der Waals surface area contributed by atoms with E-state index >= 15 is 0 Å². The molecule has 2 aromatic rings. The van der Waals surface area contributed by atoms with Crippen LogP contribution in [0.15, 0.2) is 42.5 Å². The molecule has 2 aromatic carbocycles. The Morgan fingerprint density at radius 2 is 1.79 bits per heavy atom. The molecule has 1 aliphatic carbocycles. The van der Waals surface area contributed by atoms with Crippen molar-refractivity contribution in [3.8, 4) is 5.75 Å². The molecule has 0 bridgehead atoms. The number of nitrogens with zero attached hydrogens (tertiary/aromatic N) is 1. The van der Waals surface area contributed by atoms with Gasteiger partial charge >= 0.3 is 6.09 Å². The minimum absolute atomic E-state index is 0.00963. The van der Waals surface area contributed by atoms with E-state index in [0.717, 1.165) is 53.8 Å². The molecule has 3 aliphatic rings. The highest BCUT2D eigenvalue weighted by atomic mass is 32.2. The molecular weight excluding hydrogens is 516 g/mol. The number of anilines is 2. The quantitative estimate of drug-likeness (QED) is 0.436. The third kappa shape index (κ3) is 6.09. The van der Waals surface area contributed by atoms with E-state index < -0.39 is 15.9 Å². The normalized spacial score (nSPS) is 18.5. The van der Waals surface area contributed by atoms with E-state index in [1.807, 2.05) is 30.3 Å². The summed E-state index contributed by atoms with van der Waals surface area (Å²) in [5.41, 5.74) is 3.85. The topological polar surface area (TPSA) is 94.2 Å². The van der Waals surface area contributed by atoms with Crippen LogP contribution < -0.4 is 15.0 Å². The van der Waals surface area contributed by atoms with E-state index in [2.05, 4.69) is 10.2 Å². The second-order valence-electron chi connectivity index (χ2n) is 10.7. The summed E-state index contributed by atoms with van der Waals surface area (Å²) in [5, 5.41) is 2.73. The van der Waals surface area contributed by atoms with Gasteiger partial charge in [0.1, 0.15) is 11.9 Å². The minimum atomic E-state index is -3.55. The van der Waals surface area contributed by atoms with Crippen molar-refractivity contribution in [1.82, 2.24) is 0 Å². The molecule has 2 heterocycles. The van der Waals surface area contributed by atoms with Gasteiger partial charge in [0.2, 0.25) is 0 Å². The number of benzene rings is 2. The first-order valence-electron chi connectivity index (χ1n) is 13.9. The summed E-state index contributed by atoms with van der Waals surface area (Å²) in [7, 11) is -3.55. The maximum absolute atomic E-state index is 13.6. The van der Waals surface area contributed by atoms with Crippen molar-refractivity contribution in [1.29, 1.82) is 0 Å². The number of hydrogen-bond donors (Lipinski definition) is 1. The molecule has 39 heavy (non-hydrogen) atoms. The maximum Gasteiger partial charge on any atom is 0.411 e. The number of rotatable bonds is 8. The standard InChI is InChI=1S/C30H38N2O6S/c1-4-39(34,35)29-26-13-12-25(38-24-14-16-36-17-15-24)18-28(26)32(23-6-5-7-23)19-27(29)21-8-10-22(11-9-21)31-30(33)37-20(2)3/h8-13,18,20,23-24H,4-7,14-17,19H2,1-3H3,(H,31,33). The minimum Gasteiger partial charge on any atom is -0.490 e. The van der Waals surface area contributed by atoms with Gasteiger partial charge in [0.05, 0.1) is 30.0 Å². The van der Waals surface area contributed by atoms with Crippen LogP contribution in [0.5, 0.6) is 5.75 Å². The molecule has 210 valence electrons. The molecule has 1 saturated heterocycles. The highest BCUT2D eigenvalue weighted by molar-refractivity contribution is 8.00. The van der Waals surface area contributed by atoms with E-state index in [0.29, 0.717) is 36.4 Å². The first kappa shape index (κ1) is 27.5. The molecule has 2 aliphatic heterocycles. The van der Waals surface area contributed by atoms with Crippen molar-refractivity contribution < 1.29 is 27.4 Å². The van der Waals surface area contributed by atoms with Crippen LogP contribution in [0.2, 0.25) is 0 Å². The SMILES string of the molecule is CCS(=O)(=O)C1=C(c2ccc(NC(=O)OC(C)C)cc2)CN(C2CCC2)c2cc(OC3CCOCC3)ccc21. The largest absolute Gasteiger partial charge is 0.490 e. The summed E-state index contributed by atoms with van der Waals surface area (Å²) in [6.07, 6.45) is 4.38. The zero-order valence-electron chi connectivity index (χ0n) is 22.9. The molecule has 0 aromatic heterocycles. The summed E-state index contributed by atoms with van der Waals surface area (Å²) in [5.74, 6) is 0.779. The second kappa shape index (κ2) is 11.6. The zero-order valence-corrected chi connectivity index (χ0v) is 23.8. The predicted octanol–water partition coefficient (Wildman–Crippen LogP) is 5.88. The molecule has 9 heteroatoms. The van der Waals surface area contributed by atoms with E-state index in [1.54, 1.807) is 32.9 Å². The fourth-order valence-corrected chi connectivity index (χ4v) is 6.71. The molecule has 1 amide bonds. The van der Waals surface area contributed by atoms with Gasteiger partial charge in [0.15, 0.2) is 9.84 Å². The Hall–Kier alpha value is -3.04. The van der Waals surface area contributed by atoms with Gasteiger partial charge in [-0.2, -0.15) is 0 Å². The molecule has 0 atom stereocenters. The second-order valence-corrected chi connectivity index (χ2v) is 12.9. The predicted molar refractivity (Wildman–Crippen MR) is 154 cm³/mol. The maximum atomic E-state index is 13.6. The van der Waals surface area contributed by atoms with Crippen LogP contribution in [0.3, 0.4) is 0 Å². The number of amides is 1. The monoisotopic (exact) mass is 554 g/mol. The van der Waals surface area contributed by atoms with Gasteiger partial charge in [-0.25, -0.2) is 13.2 Å². The van der Waals surface area contributed by atoms with E-state index in [9.17, 15) is 13.2 Å². The number of sulfone groups is 1. The van der Waals surface area contributed by atoms with Crippen LogP contribution in [-0.4, -0.2) is 58.3 Å². The van der Waals surface area contributed by atoms with Crippen molar-refractivity contribution in [3.63, 3.8) is 0 Å². The molecule has 0 radical (unpaired) electrons. The van der Waals surface area contributed by atoms with Crippen molar-refractivity contribution in [2.75, 3.05) is 35.7 Å². The summed E-state index contributed by atoms with van der Waals surface area (Å²) in [4.78, 5) is 14.8. The highest BCUT2D eigenvalue weighted by Gasteiger charge is 2.36. The molecule has 1 saturated carbocycles. The third-order valence-electron chi connectivity index (χ3n) is 7.63. The van der Waals surface area contributed by atoms with Crippen LogP contribution in [-0.2, 0) is 19.3 Å². The van der Waals surface area contributed by atoms with Crippen molar-refractivity contribution in [2.24, 2.45) is 0 Å². The third-order valence-corrected chi connectivity index (χ3v) is 9.47. The van der Waals surface area contributed by atoms with Crippen LogP contribution in [0.1, 0.15) is 64.0 Å². The lowest BCUT2D eigenvalue weighted by Crippen LogP contribution is -2.43. The number of fused-ring (bicyclic) bond motifs is 1. The Morgan fingerprint density at radius 1 is 1.08 bits per heavy atom. The lowest BCUT2D eigenvalue weighted by Gasteiger charge is -2.43. The van der Waals surface area contributed by atoms with Crippen molar-refractivity contribution in [2.45, 2.75) is 71.1 Å². The smallest absolute Gasteiger partial charge is 0.411 e. The molecular formula is C30H38N2O6S. The van der Waals surface area contributed by atoms with E-state index in [1.165, 1.54) is 6.42 Å².